The molecule has 2 fully saturated rings. The van der Waals surface area contributed by atoms with E-state index in [0.29, 0.717) is 70.4 Å². The fourth-order valence-electron chi connectivity index (χ4n) is 5.56. The maximum Gasteiger partial charge on any atom is 0.417 e. The smallest absolute Gasteiger partial charge is 0.378 e. The highest BCUT2D eigenvalue weighted by Crippen LogP contribution is 2.38. The van der Waals surface area contributed by atoms with Crippen LogP contribution in [0.25, 0.3) is 16.9 Å². The summed E-state index contributed by atoms with van der Waals surface area (Å²) < 4.78 is 49.9. The van der Waals surface area contributed by atoms with Crippen molar-refractivity contribution in [1.82, 2.24) is 34.7 Å². The van der Waals surface area contributed by atoms with Gasteiger partial charge in [0.15, 0.2) is 17.4 Å². The van der Waals surface area contributed by atoms with Crippen LogP contribution >= 0.6 is 0 Å². The van der Waals surface area contributed by atoms with Gasteiger partial charge in [0.25, 0.3) is 0 Å². The Balaban J connectivity index is 1.38. The molecule has 0 bridgehead atoms. The number of ether oxygens (including phenoxy) is 1. The molecule has 0 aromatic carbocycles. The first kappa shape index (κ1) is 33.8. The van der Waals surface area contributed by atoms with E-state index in [4.69, 9.17) is 4.74 Å². The molecule has 16 heteroatoms. The number of hydrogen-bond donors (Lipinski definition) is 2. The summed E-state index contributed by atoms with van der Waals surface area (Å²) in [5.41, 5.74) is 1.07. The zero-order valence-electron chi connectivity index (χ0n) is 26.6. The Hall–Kier alpha value is -4.57. The quantitative estimate of drug-likeness (QED) is 0.332. The standard InChI is InChI=1S/C31H38F3N9O4/c1-20(2)14-22(44)4-5-27(45)41-8-6-40(7-9-41)18-21-15-25-29(42-10-12-47-13-11-42)38-28(39-43(25)19-21)23-17-36-26(37-30(46)35-3)16-24(23)31(32,33)34/h14-17,19H,4-13,18H2,1-3H3,(H2,35,36,37,46). The first-order valence-corrected chi connectivity index (χ1v) is 15.4. The van der Waals surface area contributed by atoms with Crippen LogP contribution in [0.1, 0.15) is 37.8 Å². The van der Waals surface area contributed by atoms with Crippen molar-refractivity contribution in [2.75, 3.05) is 69.7 Å². The van der Waals surface area contributed by atoms with E-state index >= 15 is 0 Å². The molecule has 0 unspecified atom stereocenters. The third-order valence-corrected chi connectivity index (χ3v) is 7.90. The van der Waals surface area contributed by atoms with Gasteiger partial charge in [-0.15, -0.1) is 5.10 Å². The van der Waals surface area contributed by atoms with E-state index in [1.54, 1.807) is 21.7 Å². The molecular formula is C31H38F3N9O4. The molecule has 5 rings (SSSR count). The molecule has 0 radical (unpaired) electrons. The van der Waals surface area contributed by atoms with Crippen molar-refractivity contribution in [3.8, 4) is 11.4 Å². The number of urea groups is 1. The lowest BCUT2D eigenvalue weighted by atomic mass is 10.1. The molecule has 13 nitrogen and oxygen atoms in total. The van der Waals surface area contributed by atoms with Crippen molar-refractivity contribution < 1.29 is 32.3 Å². The Kier molecular flexibility index (Phi) is 10.4. The average molecular weight is 658 g/mol. The molecule has 2 saturated heterocycles. The number of anilines is 2. The number of pyridine rings is 1. The number of piperazine rings is 1. The number of hydrogen-bond acceptors (Lipinski definition) is 9. The summed E-state index contributed by atoms with van der Waals surface area (Å²) >= 11 is 0. The molecule has 0 saturated carbocycles. The fourth-order valence-corrected chi connectivity index (χ4v) is 5.56. The summed E-state index contributed by atoms with van der Waals surface area (Å²) in [6.07, 6.45) is -0.0630. The first-order valence-electron chi connectivity index (χ1n) is 15.4. The maximum atomic E-state index is 14.3. The zero-order chi connectivity index (χ0) is 33.7. The maximum absolute atomic E-state index is 14.3. The first-order chi connectivity index (χ1) is 22.4. The van der Waals surface area contributed by atoms with Crippen LogP contribution in [0.2, 0.25) is 0 Å². The minimum absolute atomic E-state index is 0.0436. The second-order valence-electron chi connectivity index (χ2n) is 11.7. The lowest BCUT2D eigenvalue weighted by Gasteiger charge is -2.34. The molecule has 2 aliphatic rings. The molecule has 0 spiro atoms. The molecule has 3 aromatic rings. The molecule has 2 aliphatic heterocycles. The lowest BCUT2D eigenvalue weighted by molar-refractivity contribution is -0.137. The van der Waals surface area contributed by atoms with E-state index in [1.807, 2.05) is 24.8 Å². The van der Waals surface area contributed by atoms with Crippen molar-refractivity contribution in [3.63, 3.8) is 0 Å². The van der Waals surface area contributed by atoms with Gasteiger partial charge in [-0.2, -0.15) is 13.2 Å². The number of rotatable bonds is 9. The summed E-state index contributed by atoms with van der Waals surface area (Å²) in [5, 5.41) is 9.05. The van der Waals surface area contributed by atoms with Gasteiger partial charge in [0.05, 0.1) is 24.3 Å². The minimum atomic E-state index is -4.78. The number of carbonyl (C=O) groups is 3. The third-order valence-electron chi connectivity index (χ3n) is 7.90. The Bertz CT molecular complexity index is 1660. The summed E-state index contributed by atoms with van der Waals surface area (Å²) in [4.78, 5) is 50.9. The number of fused-ring (bicyclic) bond motifs is 1. The van der Waals surface area contributed by atoms with Gasteiger partial charge in [0.2, 0.25) is 5.91 Å². The van der Waals surface area contributed by atoms with Crippen molar-refractivity contribution in [2.24, 2.45) is 0 Å². The van der Waals surface area contributed by atoms with Crippen LogP contribution in [0.15, 0.2) is 36.2 Å². The number of ketones is 1. The highest BCUT2D eigenvalue weighted by molar-refractivity contribution is 5.93. The van der Waals surface area contributed by atoms with Crippen molar-refractivity contribution in [3.05, 3.63) is 47.3 Å². The summed E-state index contributed by atoms with van der Waals surface area (Å²) in [6, 6.07) is 1.99. The Labute approximate surface area is 269 Å². The van der Waals surface area contributed by atoms with Gasteiger partial charge in [0, 0.05) is 78.1 Å². The number of carbonyl (C=O) groups excluding carboxylic acids is 3. The van der Waals surface area contributed by atoms with Crippen molar-refractivity contribution in [2.45, 2.75) is 39.4 Å². The molecule has 5 heterocycles. The van der Waals surface area contributed by atoms with Crippen LogP contribution < -0.4 is 15.5 Å². The van der Waals surface area contributed by atoms with Crippen LogP contribution in [-0.4, -0.2) is 107 Å². The Morgan fingerprint density at radius 2 is 1.74 bits per heavy atom. The fraction of sp³-hybridized carbons (Fsp3) is 0.484. The SMILES string of the molecule is CNC(=O)Nc1cc(C(F)(F)F)c(-c2nc(N3CCOCC3)c3cc(CN4CCN(C(=O)CCC(=O)C=C(C)C)CC4)cn3n2)cn1. The van der Waals surface area contributed by atoms with Crippen LogP contribution in [0.3, 0.4) is 0 Å². The predicted octanol–water partition coefficient (Wildman–Crippen LogP) is 3.36. The van der Waals surface area contributed by atoms with E-state index < -0.39 is 17.8 Å². The number of alkyl halides is 3. The van der Waals surface area contributed by atoms with Gasteiger partial charge in [-0.1, -0.05) is 5.57 Å². The number of aromatic nitrogens is 4. The van der Waals surface area contributed by atoms with Crippen LogP contribution in [0.5, 0.6) is 0 Å². The number of nitrogens with one attached hydrogen (secondary N) is 2. The van der Waals surface area contributed by atoms with Crippen molar-refractivity contribution in [1.29, 1.82) is 0 Å². The van der Waals surface area contributed by atoms with E-state index in [2.05, 4.69) is 30.6 Å². The molecule has 2 N–H and O–H groups in total. The van der Waals surface area contributed by atoms with Crippen LogP contribution in [0.4, 0.5) is 29.6 Å². The van der Waals surface area contributed by atoms with E-state index in [0.717, 1.165) is 23.4 Å². The zero-order valence-corrected chi connectivity index (χ0v) is 26.6. The molecule has 0 aliphatic carbocycles. The molecule has 47 heavy (non-hydrogen) atoms. The predicted molar refractivity (Wildman–Crippen MR) is 168 cm³/mol. The summed E-state index contributed by atoms with van der Waals surface area (Å²) in [7, 11) is 1.34. The summed E-state index contributed by atoms with van der Waals surface area (Å²) in [5.74, 6) is -0.0533. The van der Waals surface area contributed by atoms with Gasteiger partial charge in [-0.3, -0.25) is 19.8 Å². The number of amides is 3. The second-order valence-corrected chi connectivity index (χ2v) is 11.7. The highest BCUT2D eigenvalue weighted by atomic mass is 19.4. The number of morpholine rings is 1. The van der Waals surface area contributed by atoms with Gasteiger partial charge in [-0.25, -0.2) is 19.3 Å². The van der Waals surface area contributed by atoms with Gasteiger partial charge in [-0.05, 0) is 37.6 Å². The molecule has 0 atom stereocenters. The molecular weight excluding hydrogens is 619 g/mol. The van der Waals surface area contributed by atoms with E-state index in [-0.39, 0.29) is 41.7 Å². The molecule has 252 valence electrons. The van der Waals surface area contributed by atoms with E-state index in [1.165, 1.54) is 7.05 Å². The highest BCUT2D eigenvalue weighted by Gasteiger charge is 2.36. The third kappa shape index (κ3) is 8.43. The monoisotopic (exact) mass is 657 g/mol. The normalized spacial score (nSPS) is 15.9. The summed E-state index contributed by atoms with van der Waals surface area (Å²) in [6.45, 7) is 8.44. The Morgan fingerprint density at radius 3 is 2.40 bits per heavy atom. The van der Waals surface area contributed by atoms with Gasteiger partial charge >= 0.3 is 12.2 Å². The lowest BCUT2D eigenvalue weighted by Crippen LogP contribution is -2.48. The van der Waals surface area contributed by atoms with Crippen molar-refractivity contribution >= 4 is 34.9 Å². The second kappa shape index (κ2) is 14.5. The van der Waals surface area contributed by atoms with E-state index in [9.17, 15) is 27.6 Å². The Morgan fingerprint density at radius 1 is 1.02 bits per heavy atom. The number of nitrogens with zero attached hydrogens (tertiary/aromatic N) is 7. The average Bonchev–Trinajstić information content (AvgIpc) is 3.45. The molecule has 3 amide bonds. The van der Waals surface area contributed by atoms with Gasteiger partial charge in [0.1, 0.15) is 11.3 Å². The minimum Gasteiger partial charge on any atom is -0.378 e. The molecule has 3 aromatic heterocycles. The largest absolute Gasteiger partial charge is 0.417 e. The topological polar surface area (TPSA) is 137 Å². The van der Waals surface area contributed by atoms with Crippen LogP contribution in [0, 0.1) is 0 Å². The number of allylic oxidation sites excluding steroid dienone is 2. The number of halogens is 3. The van der Waals surface area contributed by atoms with Crippen LogP contribution in [-0.2, 0) is 27.0 Å². The van der Waals surface area contributed by atoms with Gasteiger partial charge < -0.3 is 19.9 Å².